The van der Waals surface area contributed by atoms with Crippen LogP contribution in [0.1, 0.15) is 0 Å². The molecule has 0 saturated heterocycles. The highest BCUT2D eigenvalue weighted by atomic mass is 16.3. The number of aromatic nitrogens is 4. The van der Waals surface area contributed by atoms with Crippen LogP contribution in [0.2, 0.25) is 0 Å². The number of benzene rings is 8. The molecule has 3 heterocycles. The molecule has 8 aromatic carbocycles. The smallest absolute Gasteiger partial charge is 0.164 e. The molecular weight excluding hydrogens is 739 g/mol. The summed E-state index contributed by atoms with van der Waals surface area (Å²) < 4.78 is 8.96. The van der Waals surface area contributed by atoms with Crippen LogP contribution in [0, 0.1) is 0 Å². The van der Waals surface area contributed by atoms with E-state index in [2.05, 4.69) is 177 Å². The number of rotatable bonds is 6. The molecule has 0 amide bonds. The van der Waals surface area contributed by atoms with Crippen molar-refractivity contribution in [3.05, 3.63) is 164 Å². The quantitative estimate of drug-likeness (QED) is 0.234. The molecule has 0 bridgehead atoms. The summed E-state index contributed by atoms with van der Waals surface area (Å²) >= 11 is 0. The number of furan rings is 1. The highest BCUT2D eigenvalue weighted by molar-refractivity contribution is 6.68. The Kier molecular flexibility index (Phi) is 8.71. The van der Waals surface area contributed by atoms with E-state index in [0.29, 0.717) is 17.5 Å². The Bertz CT molecular complexity index is 3500. The second-order valence-corrected chi connectivity index (χ2v) is 16.2. The first kappa shape index (κ1) is 36.8. The number of para-hydroxylation sites is 1. The highest BCUT2D eigenvalue weighted by Gasteiger charge is 2.21. The lowest BCUT2D eigenvalue weighted by atomic mass is 9.59. The summed E-state index contributed by atoms with van der Waals surface area (Å²) in [6.07, 6.45) is 0. The summed E-state index contributed by atoms with van der Waals surface area (Å²) in [6.45, 7) is 0. The van der Waals surface area contributed by atoms with Gasteiger partial charge in [0.15, 0.2) is 17.5 Å². The first-order valence-electron chi connectivity index (χ1n) is 20.9. The molecule has 0 N–H and O–H groups in total. The molecule has 282 valence electrons. The molecule has 0 aliphatic carbocycles. The number of hydrogen-bond acceptors (Lipinski definition) is 4. The number of hydrogen-bond donors (Lipinski definition) is 0. The molecule has 0 atom stereocenters. The maximum atomic E-state index is 6.59. The summed E-state index contributed by atoms with van der Waals surface area (Å²) in [5.41, 5.74) is 19.2. The monoisotopic (exact) mass is 776 g/mol. The third-order valence-electron chi connectivity index (χ3n) is 12.9. The lowest BCUT2D eigenvalue weighted by molar-refractivity contribution is 0.669. The fraction of sp³-hybridized carbons (Fsp3) is 0. The van der Waals surface area contributed by atoms with Crippen molar-refractivity contribution < 1.29 is 4.42 Å². The maximum Gasteiger partial charge on any atom is 0.164 e. The van der Waals surface area contributed by atoms with Crippen molar-refractivity contribution in [1.82, 2.24) is 19.5 Å². The molecule has 0 spiro atoms. The van der Waals surface area contributed by atoms with Gasteiger partial charge in [0.2, 0.25) is 0 Å². The third-order valence-corrected chi connectivity index (χ3v) is 12.9. The zero-order valence-electron chi connectivity index (χ0n) is 34.8. The summed E-state index contributed by atoms with van der Waals surface area (Å²) in [7, 11) is 11.1. The van der Waals surface area contributed by atoms with Crippen LogP contribution in [0.15, 0.2) is 168 Å². The minimum absolute atomic E-state index is 0.590. The predicted octanol–water partition coefficient (Wildman–Crippen LogP) is 4.50. The van der Waals surface area contributed by atoms with Crippen molar-refractivity contribution in [2.24, 2.45) is 0 Å². The SMILES string of the molecule is Bc1c(B)c(B)c(-c2ccc(-c3nc(-c4ccccc4)nc(-c4cccc5oc6ccc(-n7c8ccccc8c8ccc(-c9ccccc9)cc87)cc6c45)n3)cc2)c(B)c1B. The Morgan fingerprint density at radius 3 is 1.67 bits per heavy atom. The molecule has 10 heteroatoms. The van der Waals surface area contributed by atoms with Crippen molar-refractivity contribution in [3.8, 4) is 62.1 Å². The van der Waals surface area contributed by atoms with Crippen LogP contribution in [0.3, 0.4) is 0 Å². The van der Waals surface area contributed by atoms with Crippen LogP contribution < -0.4 is 27.3 Å². The van der Waals surface area contributed by atoms with Gasteiger partial charge < -0.3 is 8.98 Å². The van der Waals surface area contributed by atoms with Crippen molar-refractivity contribution in [3.63, 3.8) is 0 Å². The van der Waals surface area contributed by atoms with E-state index in [1.807, 2.05) is 30.3 Å². The Morgan fingerprint density at radius 1 is 0.377 bits per heavy atom. The molecule has 11 aromatic rings. The lowest BCUT2D eigenvalue weighted by Crippen LogP contribution is -2.55. The van der Waals surface area contributed by atoms with Gasteiger partial charge in [-0.3, -0.25) is 0 Å². The molecule has 0 radical (unpaired) electrons. The van der Waals surface area contributed by atoms with Crippen LogP contribution >= 0.6 is 0 Å². The molecule has 11 rings (SSSR count). The van der Waals surface area contributed by atoms with E-state index in [0.717, 1.165) is 55.3 Å². The van der Waals surface area contributed by atoms with Crippen molar-refractivity contribution >= 4 is 110 Å². The van der Waals surface area contributed by atoms with Crippen LogP contribution in [0.25, 0.3) is 106 Å². The predicted molar refractivity (Wildman–Crippen MR) is 270 cm³/mol. The molecule has 0 fully saturated rings. The topological polar surface area (TPSA) is 56.7 Å². The minimum Gasteiger partial charge on any atom is -0.456 e. The van der Waals surface area contributed by atoms with Gasteiger partial charge in [0, 0.05) is 43.9 Å². The zero-order chi connectivity index (χ0) is 41.4. The summed E-state index contributed by atoms with van der Waals surface area (Å²) in [6, 6.07) is 57.5. The van der Waals surface area contributed by atoms with Gasteiger partial charge >= 0.3 is 0 Å². The first-order valence-corrected chi connectivity index (χ1v) is 20.9. The standard InChI is InChI=1S/C51H37B5N4O/c52-44-42(45(53)47(55)48(56)46(44)54)29-18-20-31(21-19-29)50-57-49(30-12-5-2-6-13-30)58-51(59-50)36-15-9-17-41-43(36)37-27-33(23-25-40(37)61-41)60-38-16-8-7-14-34(38)35-24-22-32(26-39(35)60)28-10-3-1-4-11-28/h1-27H,52-56H2. The Balaban J connectivity index is 1.09. The van der Waals surface area contributed by atoms with Crippen molar-refractivity contribution in [2.75, 3.05) is 0 Å². The molecule has 0 saturated carbocycles. The number of fused-ring (bicyclic) bond motifs is 6. The van der Waals surface area contributed by atoms with E-state index in [1.54, 1.807) is 0 Å². The Hall–Kier alpha value is -7.31. The van der Waals surface area contributed by atoms with Gasteiger partial charge in [0.25, 0.3) is 0 Å². The molecule has 0 aliphatic rings. The van der Waals surface area contributed by atoms with Gasteiger partial charge in [-0.1, -0.05) is 138 Å². The van der Waals surface area contributed by atoms with Gasteiger partial charge in [0.05, 0.1) is 11.0 Å². The highest BCUT2D eigenvalue weighted by Crippen LogP contribution is 2.40. The largest absolute Gasteiger partial charge is 0.456 e. The van der Waals surface area contributed by atoms with Gasteiger partial charge in [-0.15, -0.1) is 16.4 Å². The van der Waals surface area contributed by atoms with Crippen molar-refractivity contribution in [2.45, 2.75) is 0 Å². The van der Waals surface area contributed by atoms with E-state index in [4.69, 9.17) is 19.4 Å². The molecule has 0 unspecified atom stereocenters. The van der Waals surface area contributed by atoms with E-state index in [9.17, 15) is 0 Å². The Labute approximate surface area is 358 Å². The summed E-state index contributed by atoms with van der Waals surface area (Å²) in [5.74, 6) is 1.82. The van der Waals surface area contributed by atoms with E-state index >= 15 is 0 Å². The van der Waals surface area contributed by atoms with Gasteiger partial charge in [-0.2, -0.15) is 0 Å². The second kappa shape index (κ2) is 14.5. The fourth-order valence-corrected chi connectivity index (χ4v) is 9.26. The van der Waals surface area contributed by atoms with Crippen molar-refractivity contribution in [1.29, 1.82) is 0 Å². The maximum absolute atomic E-state index is 6.59. The molecule has 5 nitrogen and oxygen atoms in total. The van der Waals surface area contributed by atoms with E-state index in [-0.39, 0.29) is 0 Å². The summed E-state index contributed by atoms with van der Waals surface area (Å²) in [5, 5.41) is 4.38. The van der Waals surface area contributed by atoms with Gasteiger partial charge in [-0.25, -0.2) is 15.0 Å². The average Bonchev–Trinajstić information content (AvgIpc) is 3.86. The third kappa shape index (κ3) is 6.04. The van der Waals surface area contributed by atoms with Crippen LogP contribution in [-0.2, 0) is 0 Å². The minimum atomic E-state index is 0.590. The van der Waals surface area contributed by atoms with Gasteiger partial charge in [-0.05, 0) is 58.7 Å². The van der Waals surface area contributed by atoms with Crippen LogP contribution in [0.4, 0.5) is 0 Å². The lowest BCUT2D eigenvalue weighted by Gasteiger charge is -2.20. The molecule has 0 aliphatic heterocycles. The average molecular weight is 776 g/mol. The van der Waals surface area contributed by atoms with E-state index in [1.165, 1.54) is 60.3 Å². The second-order valence-electron chi connectivity index (χ2n) is 16.2. The zero-order valence-corrected chi connectivity index (χ0v) is 34.8. The summed E-state index contributed by atoms with van der Waals surface area (Å²) in [4.78, 5) is 15.5. The van der Waals surface area contributed by atoms with Crippen LogP contribution in [0.5, 0.6) is 0 Å². The normalized spacial score (nSPS) is 11.6. The van der Waals surface area contributed by atoms with E-state index < -0.39 is 0 Å². The molecule has 3 aromatic heterocycles. The first-order chi connectivity index (χ1) is 29.8. The number of nitrogens with zero attached hydrogens (tertiary/aromatic N) is 4. The fourth-order valence-electron chi connectivity index (χ4n) is 9.26. The van der Waals surface area contributed by atoms with Gasteiger partial charge in [0.1, 0.15) is 50.4 Å². The molecule has 61 heavy (non-hydrogen) atoms. The van der Waals surface area contributed by atoms with Crippen LogP contribution in [-0.4, -0.2) is 58.8 Å². The Morgan fingerprint density at radius 2 is 0.951 bits per heavy atom. The molecular formula is C51H37B5N4O.